The van der Waals surface area contributed by atoms with Gasteiger partial charge in [0.05, 0.1) is 11.0 Å². The van der Waals surface area contributed by atoms with Gasteiger partial charge in [0.1, 0.15) is 5.41 Å². The van der Waals surface area contributed by atoms with Gasteiger partial charge < -0.3 is 5.32 Å². The van der Waals surface area contributed by atoms with E-state index in [4.69, 9.17) is 10.4 Å². The van der Waals surface area contributed by atoms with Crippen LogP contribution in [0.1, 0.15) is 25.8 Å². The third-order valence-electron chi connectivity index (χ3n) is 3.41. The lowest BCUT2D eigenvalue weighted by atomic mass is 9.88. The molecule has 1 atom stereocenters. The van der Waals surface area contributed by atoms with Crippen molar-refractivity contribution in [2.75, 3.05) is 6.54 Å². The Morgan fingerprint density at radius 1 is 1.38 bits per heavy atom. The highest BCUT2D eigenvalue weighted by Crippen LogP contribution is 2.19. The molecular weight excluding hydrogens is 290 g/mol. The van der Waals surface area contributed by atoms with Gasteiger partial charge in [-0.25, -0.2) is 13.6 Å². The fourth-order valence-electron chi connectivity index (χ4n) is 1.65. The maximum absolute atomic E-state index is 11.9. The van der Waals surface area contributed by atoms with Gasteiger partial charge in [0.2, 0.25) is 15.9 Å². The average molecular weight is 309 g/mol. The molecule has 0 spiro atoms. The Kier molecular flexibility index (Phi) is 5.47. The summed E-state index contributed by atoms with van der Waals surface area (Å²) in [7, 11) is -3.69. The van der Waals surface area contributed by atoms with Crippen molar-refractivity contribution in [2.45, 2.75) is 31.6 Å². The van der Waals surface area contributed by atoms with Gasteiger partial charge in [-0.2, -0.15) is 5.26 Å². The highest BCUT2D eigenvalue weighted by atomic mass is 32.2. The summed E-state index contributed by atoms with van der Waals surface area (Å²) < 4.78 is 22.2. The topological polar surface area (TPSA) is 113 Å². The molecule has 0 bridgehead atoms. The number of nitrogens with two attached hydrogens (primary N) is 1. The lowest BCUT2D eigenvalue weighted by molar-refractivity contribution is -0.127. The van der Waals surface area contributed by atoms with E-state index in [2.05, 4.69) is 5.32 Å². The molecule has 1 aromatic rings. The summed E-state index contributed by atoms with van der Waals surface area (Å²) in [6.45, 7) is 3.77. The van der Waals surface area contributed by atoms with E-state index in [-0.39, 0.29) is 10.8 Å². The van der Waals surface area contributed by atoms with E-state index in [0.717, 1.165) is 5.56 Å². The summed E-state index contributed by atoms with van der Waals surface area (Å²) in [5.41, 5.74) is -0.143. The standard InChI is InChI=1S/C14H19N3O3S/c1-3-14(2,10-15)13(18)17-9-8-11-4-6-12(7-5-11)21(16,19)20/h4-7H,3,8-9H2,1-2H3,(H,17,18)(H2,16,19,20). The van der Waals surface area contributed by atoms with Crippen molar-refractivity contribution in [1.82, 2.24) is 5.32 Å². The van der Waals surface area contributed by atoms with E-state index in [0.29, 0.717) is 19.4 Å². The van der Waals surface area contributed by atoms with Crippen molar-refractivity contribution in [3.63, 3.8) is 0 Å². The third kappa shape index (κ3) is 4.55. The number of rotatable bonds is 6. The number of primary sulfonamides is 1. The molecule has 7 heteroatoms. The van der Waals surface area contributed by atoms with Crippen LogP contribution in [0.15, 0.2) is 29.2 Å². The minimum absolute atomic E-state index is 0.0540. The average Bonchev–Trinajstić information content (AvgIpc) is 2.45. The van der Waals surface area contributed by atoms with E-state index < -0.39 is 15.4 Å². The van der Waals surface area contributed by atoms with Gasteiger partial charge in [-0.05, 0) is 37.5 Å². The molecule has 1 aromatic carbocycles. The molecule has 0 saturated carbocycles. The molecule has 1 unspecified atom stereocenters. The molecule has 0 saturated heterocycles. The number of nitrogens with one attached hydrogen (secondary N) is 1. The molecule has 0 aliphatic carbocycles. The van der Waals surface area contributed by atoms with Crippen LogP contribution in [0.3, 0.4) is 0 Å². The van der Waals surface area contributed by atoms with Crippen molar-refractivity contribution in [1.29, 1.82) is 5.26 Å². The maximum atomic E-state index is 11.9. The van der Waals surface area contributed by atoms with Crippen LogP contribution in [0.25, 0.3) is 0 Å². The first-order valence-corrected chi connectivity index (χ1v) is 8.09. The molecule has 21 heavy (non-hydrogen) atoms. The Labute approximate surface area is 125 Å². The number of nitriles is 1. The first-order chi connectivity index (χ1) is 9.73. The first kappa shape index (κ1) is 17.1. The summed E-state index contributed by atoms with van der Waals surface area (Å²) in [5, 5.41) is 16.7. The molecule has 1 amide bonds. The monoisotopic (exact) mass is 309 g/mol. The van der Waals surface area contributed by atoms with E-state index in [9.17, 15) is 13.2 Å². The Morgan fingerprint density at radius 3 is 2.38 bits per heavy atom. The van der Waals surface area contributed by atoms with Crippen molar-refractivity contribution < 1.29 is 13.2 Å². The number of benzene rings is 1. The minimum atomic E-state index is -3.69. The summed E-state index contributed by atoms with van der Waals surface area (Å²) >= 11 is 0. The van der Waals surface area contributed by atoms with Gasteiger partial charge in [0.15, 0.2) is 0 Å². The number of hydrogen-bond acceptors (Lipinski definition) is 4. The zero-order valence-electron chi connectivity index (χ0n) is 12.1. The minimum Gasteiger partial charge on any atom is -0.354 e. The molecule has 3 N–H and O–H groups in total. The van der Waals surface area contributed by atoms with Gasteiger partial charge in [-0.3, -0.25) is 4.79 Å². The second kappa shape index (κ2) is 6.70. The quantitative estimate of drug-likeness (QED) is 0.813. The SMILES string of the molecule is CCC(C)(C#N)C(=O)NCCc1ccc(S(N)(=O)=O)cc1. The van der Waals surface area contributed by atoms with Crippen LogP contribution >= 0.6 is 0 Å². The van der Waals surface area contributed by atoms with Crippen molar-refractivity contribution in [3.05, 3.63) is 29.8 Å². The van der Waals surface area contributed by atoms with E-state index in [1.165, 1.54) is 12.1 Å². The van der Waals surface area contributed by atoms with Crippen LogP contribution in [-0.2, 0) is 21.2 Å². The van der Waals surface area contributed by atoms with Crippen LogP contribution in [0.4, 0.5) is 0 Å². The Balaban J connectivity index is 2.58. The lowest BCUT2D eigenvalue weighted by Crippen LogP contribution is -2.38. The second-order valence-electron chi connectivity index (χ2n) is 4.99. The van der Waals surface area contributed by atoms with E-state index in [1.807, 2.05) is 6.07 Å². The van der Waals surface area contributed by atoms with Crippen LogP contribution in [0, 0.1) is 16.7 Å². The summed E-state index contributed by atoms with van der Waals surface area (Å²) in [6, 6.07) is 8.16. The maximum Gasteiger partial charge on any atom is 0.240 e. The zero-order chi connectivity index (χ0) is 16.1. The van der Waals surface area contributed by atoms with Gasteiger partial charge in [0, 0.05) is 6.54 Å². The molecule has 114 valence electrons. The Bertz CT molecular complexity index is 647. The Hall–Kier alpha value is -1.91. The van der Waals surface area contributed by atoms with Gasteiger partial charge in [0.25, 0.3) is 0 Å². The highest BCUT2D eigenvalue weighted by Gasteiger charge is 2.30. The fraction of sp³-hybridized carbons (Fsp3) is 0.429. The van der Waals surface area contributed by atoms with Crippen molar-refractivity contribution in [3.8, 4) is 6.07 Å². The zero-order valence-corrected chi connectivity index (χ0v) is 12.9. The van der Waals surface area contributed by atoms with E-state index >= 15 is 0 Å². The number of carbonyl (C=O) groups is 1. The van der Waals surface area contributed by atoms with Crippen LogP contribution in [0.2, 0.25) is 0 Å². The number of hydrogen-bond donors (Lipinski definition) is 2. The Morgan fingerprint density at radius 2 is 1.95 bits per heavy atom. The molecule has 0 aliphatic heterocycles. The predicted octanol–water partition coefficient (Wildman–Crippen LogP) is 0.933. The molecule has 0 aromatic heterocycles. The number of carbonyl (C=O) groups excluding carboxylic acids is 1. The van der Waals surface area contributed by atoms with Gasteiger partial charge >= 0.3 is 0 Å². The lowest BCUT2D eigenvalue weighted by Gasteiger charge is -2.18. The molecule has 0 heterocycles. The van der Waals surface area contributed by atoms with Crippen LogP contribution < -0.4 is 10.5 Å². The molecule has 6 nitrogen and oxygen atoms in total. The summed E-state index contributed by atoms with van der Waals surface area (Å²) in [4.78, 5) is 11.9. The van der Waals surface area contributed by atoms with Gasteiger partial charge in [-0.15, -0.1) is 0 Å². The molecular formula is C14H19N3O3S. The third-order valence-corrected chi connectivity index (χ3v) is 4.34. The smallest absolute Gasteiger partial charge is 0.240 e. The number of nitrogens with zero attached hydrogens (tertiary/aromatic N) is 1. The first-order valence-electron chi connectivity index (χ1n) is 6.54. The summed E-state index contributed by atoms with van der Waals surface area (Å²) in [6.07, 6.45) is 0.986. The van der Waals surface area contributed by atoms with Crippen molar-refractivity contribution >= 4 is 15.9 Å². The number of sulfonamides is 1. The predicted molar refractivity (Wildman–Crippen MR) is 78.5 cm³/mol. The highest BCUT2D eigenvalue weighted by molar-refractivity contribution is 7.89. The number of amides is 1. The van der Waals surface area contributed by atoms with Gasteiger partial charge in [-0.1, -0.05) is 19.1 Å². The van der Waals surface area contributed by atoms with E-state index in [1.54, 1.807) is 26.0 Å². The second-order valence-corrected chi connectivity index (χ2v) is 6.55. The molecule has 1 rings (SSSR count). The fourth-order valence-corrected chi connectivity index (χ4v) is 2.17. The largest absolute Gasteiger partial charge is 0.354 e. The van der Waals surface area contributed by atoms with Crippen molar-refractivity contribution in [2.24, 2.45) is 10.6 Å². The summed E-state index contributed by atoms with van der Waals surface area (Å²) in [5.74, 6) is -0.298. The van der Waals surface area contributed by atoms with Crippen LogP contribution in [-0.4, -0.2) is 20.9 Å². The molecule has 0 aliphatic rings. The normalized spacial score (nSPS) is 14.0. The molecule has 0 radical (unpaired) electrons. The van der Waals surface area contributed by atoms with Crippen LogP contribution in [0.5, 0.6) is 0 Å². The molecule has 0 fully saturated rings.